The molecule has 0 radical (unpaired) electrons. The number of nitrogens with zero attached hydrogens (tertiary/aromatic N) is 3. The minimum Gasteiger partial charge on any atom is -0.290 e. The molecule has 12 rings (SSSR count). The van der Waals surface area contributed by atoms with Gasteiger partial charge in [-0.2, -0.15) is 0 Å². The fourth-order valence-corrected chi connectivity index (χ4v) is 10.9. The van der Waals surface area contributed by atoms with Gasteiger partial charge in [0.05, 0.1) is 15.7 Å². The molecule has 0 spiro atoms. The molecule has 0 N–H and O–H groups in total. The fourth-order valence-electron chi connectivity index (χ4n) is 8.37. The van der Waals surface area contributed by atoms with Crippen LogP contribution in [0.2, 0.25) is 0 Å². The second kappa shape index (κ2) is 10.2. The van der Waals surface area contributed by atoms with E-state index in [9.17, 15) is 0 Å². The van der Waals surface area contributed by atoms with Crippen molar-refractivity contribution in [1.29, 1.82) is 0 Å². The first-order chi connectivity index (χ1) is 25.3. The standard InChI is InChI=1S/C46H25N3S2/c1-2-14-28(15-3-1)39-45(47-40-35-25-23-27-13-5-7-17-30(27)43(35)51-46(40)48-39)49-36-21-11-10-20-33(36)37-31-18-8-9-19-32(31)38-34-24-22-26-12-4-6-16-29(26)42(34)50-44(38)41(37)49/h1-25H. The highest BCUT2D eigenvalue weighted by Gasteiger charge is 2.26. The normalized spacial score (nSPS) is 12.3. The highest BCUT2D eigenvalue weighted by Crippen LogP contribution is 2.50. The molecule has 3 nitrogen and oxygen atoms in total. The first-order valence-electron chi connectivity index (χ1n) is 17.2. The van der Waals surface area contributed by atoms with Crippen LogP contribution >= 0.6 is 22.7 Å². The van der Waals surface area contributed by atoms with Crippen molar-refractivity contribution in [2.45, 2.75) is 0 Å². The maximum absolute atomic E-state index is 5.70. The largest absolute Gasteiger partial charge is 0.290 e. The quantitative estimate of drug-likeness (QED) is 0.182. The summed E-state index contributed by atoms with van der Waals surface area (Å²) in [6.45, 7) is 0. The number of hydrogen-bond donors (Lipinski definition) is 0. The van der Waals surface area contributed by atoms with Crippen molar-refractivity contribution in [3.8, 4) is 17.1 Å². The third-order valence-corrected chi connectivity index (χ3v) is 12.9. The number of para-hydroxylation sites is 1. The van der Waals surface area contributed by atoms with Crippen molar-refractivity contribution in [3.05, 3.63) is 152 Å². The highest BCUT2D eigenvalue weighted by molar-refractivity contribution is 7.28. The third-order valence-electron chi connectivity index (χ3n) is 10.6. The van der Waals surface area contributed by atoms with Crippen molar-refractivity contribution in [2.24, 2.45) is 0 Å². The van der Waals surface area contributed by atoms with Gasteiger partial charge < -0.3 is 0 Å². The van der Waals surface area contributed by atoms with Gasteiger partial charge in [0.25, 0.3) is 0 Å². The number of benzene rings is 8. The predicted molar refractivity (Wildman–Crippen MR) is 220 cm³/mol. The van der Waals surface area contributed by atoms with Crippen LogP contribution in [0.5, 0.6) is 0 Å². The molecule has 5 heteroatoms. The van der Waals surface area contributed by atoms with Crippen LogP contribution in [0.4, 0.5) is 0 Å². The maximum Gasteiger partial charge on any atom is 0.165 e. The minimum absolute atomic E-state index is 0.853. The Morgan fingerprint density at radius 1 is 0.412 bits per heavy atom. The molecule has 4 heterocycles. The van der Waals surface area contributed by atoms with Gasteiger partial charge in [-0.15, -0.1) is 22.7 Å². The summed E-state index contributed by atoms with van der Waals surface area (Å²) < 4.78 is 6.24. The summed E-state index contributed by atoms with van der Waals surface area (Å²) in [5.41, 5.74) is 5.19. The lowest BCUT2D eigenvalue weighted by molar-refractivity contribution is 1.09. The highest BCUT2D eigenvalue weighted by atomic mass is 32.1. The van der Waals surface area contributed by atoms with E-state index in [4.69, 9.17) is 9.97 Å². The molecular weight excluding hydrogens is 659 g/mol. The second-order valence-electron chi connectivity index (χ2n) is 13.3. The van der Waals surface area contributed by atoms with Gasteiger partial charge in [-0.05, 0) is 38.4 Å². The molecule has 0 saturated heterocycles. The number of aromatic nitrogens is 3. The summed E-state index contributed by atoms with van der Waals surface area (Å²) >= 11 is 3.64. The van der Waals surface area contributed by atoms with Gasteiger partial charge in [0.15, 0.2) is 5.82 Å². The Hall–Kier alpha value is -6.14. The van der Waals surface area contributed by atoms with E-state index >= 15 is 0 Å². The molecule has 8 aromatic carbocycles. The monoisotopic (exact) mass is 683 g/mol. The van der Waals surface area contributed by atoms with E-state index in [1.807, 2.05) is 11.3 Å². The lowest BCUT2D eigenvalue weighted by atomic mass is 9.98. The van der Waals surface area contributed by atoms with Gasteiger partial charge in [0, 0.05) is 41.9 Å². The first kappa shape index (κ1) is 27.7. The zero-order valence-corrected chi connectivity index (χ0v) is 28.7. The molecule has 0 aliphatic heterocycles. The van der Waals surface area contributed by atoms with Crippen LogP contribution in [0.25, 0.3) is 112 Å². The molecule has 0 atom stereocenters. The molecule has 0 saturated carbocycles. The van der Waals surface area contributed by atoms with Crippen LogP contribution in [0.1, 0.15) is 0 Å². The van der Waals surface area contributed by atoms with Crippen LogP contribution in [-0.2, 0) is 0 Å². The van der Waals surface area contributed by atoms with Gasteiger partial charge in [-0.3, -0.25) is 4.57 Å². The Kier molecular flexibility index (Phi) is 5.53. The van der Waals surface area contributed by atoms with Crippen LogP contribution in [0.3, 0.4) is 0 Å². The summed E-state index contributed by atoms with van der Waals surface area (Å²) in [7, 11) is 0. The molecule has 12 aromatic rings. The number of hydrogen-bond acceptors (Lipinski definition) is 4. The molecule has 236 valence electrons. The topological polar surface area (TPSA) is 30.7 Å². The van der Waals surface area contributed by atoms with Gasteiger partial charge in [-0.25, -0.2) is 9.97 Å². The molecule has 0 amide bonds. The molecule has 0 aliphatic rings. The van der Waals surface area contributed by atoms with E-state index in [0.29, 0.717) is 0 Å². The SMILES string of the molecule is c1ccc(-c2nc3sc4c5ccccc5ccc4c3nc2-n2c3ccccc3c3c4ccccc4c4c5ccc6ccccc6c5sc4c32)cc1. The van der Waals surface area contributed by atoms with Crippen LogP contribution in [-0.4, -0.2) is 14.5 Å². The Labute approximate surface area is 299 Å². The Morgan fingerprint density at radius 2 is 1.00 bits per heavy atom. The van der Waals surface area contributed by atoms with E-state index in [0.717, 1.165) is 38.3 Å². The van der Waals surface area contributed by atoms with Crippen molar-refractivity contribution < 1.29 is 0 Å². The van der Waals surface area contributed by atoms with Gasteiger partial charge in [0.1, 0.15) is 16.0 Å². The molecule has 4 aromatic heterocycles. The van der Waals surface area contributed by atoms with Crippen LogP contribution in [0, 0.1) is 0 Å². The van der Waals surface area contributed by atoms with E-state index in [2.05, 4.69) is 156 Å². The van der Waals surface area contributed by atoms with E-state index in [1.54, 1.807) is 11.3 Å². The molecule has 0 unspecified atom stereocenters. The molecule has 0 fully saturated rings. The molecule has 51 heavy (non-hydrogen) atoms. The smallest absolute Gasteiger partial charge is 0.165 e. The predicted octanol–water partition coefficient (Wildman–Crippen LogP) is 13.4. The molecular formula is C46H25N3S2. The summed E-state index contributed by atoms with van der Waals surface area (Å²) in [5.74, 6) is 0.853. The molecule has 0 aliphatic carbocycles. The van der Waals surface area contributed by atoms with Gasteiger partial charge in [0.2, 0.25) is 0 Å². The van der Waals surface area contributed by atoms with Crippen LogP contribution in [0.15, 0.2) is 152 Å². The maximum atomic E-state index is 5.70. The average Bonchev–Trinajstić information content (AvgIpc) is 3.88. The number of thiophene rings is 2. The summed E-state index contributed by atoms with van der Waals surface area (Å²) in [5, 5.41) is 13.8. The van der Waals surface area contributed by atoms with Gasteiger partial charge in [-0.1, -0.05) is 146 Å². The lowest BCUT2D eigenvalue weighted by Crippen LogP contribution is -2.03. The Bertz CT molecular complexity index is 3420. The zero-order chi connectivity index (χ0) is 33.2. The van der Waals surface area contributed by atoms with E-state index in [1.165, 1.54) is 73.5 Å². The Balaban J connectivity index is 1.33. The van der Waals surface area contributed by atoms with Crippen LogP contribution < -0.4 is 0 Å². The second-order valence-corrected chi connectivity index (χ2v) is 15.3. The van der Waals surface area contributed by atoms with Crippen molar-refractivity contribution >= 4 is 117 Å². The van der Waals surface area contributed by atoms with Crippen molar-refractivity contribution in [1.82, 2.24) is 14.5 Å². The zero-order valence-electron chi connectivity index (χ0n) is 27.1. The summed E-state index contributed by atoms with van der Waals surface area (Å²) in [6.07, 6.45) is 0. The third kappa shape index (κ3) is 3.71. The summed E-state index contributed by atoms with van der Waals surface area (Å²) in [6, 6.07) is 54.8. The lowest BCUT2D eigenvalue weighted by Gasteiger charge is -2.13. The first-order valence-corrected chi connectivity index (χ1v) is 18.8. The number of rotatable bonds is 2. The van der Waals surface area contributed by atoms with Gasteiger partial charge >= 0.3 is 0 Å². The Morgan fingerprint density at radius 3 is 1.75 bits per heavy atom. The fraction of sp³-hybridized carbons (Fsp3) is 0. The van der Waals surface area contributed by atoms with Crippen molar-refractivity contribution in [3.63, 3.8) is 0 Å². The number of fused-ring (bicyclic) bond motifs is 17. The average molecular weight is 684 g/mol. The van der Waals surface area contributed by atoms with E-state index in [-0.39, 0.29) is 0 Å². The minimum atomic E-state index is 0.853. The molecule has 0 bridgehead atoms. The van der Waals surface area contributed by atoms with Crippen molar-refractivity contribution in [2.75, 3.05) is 0 Å². The summed E-state index contributed by atoms with van der Waals surface area (Å²) in [4.78, 5) is 12.2. The van der Waals surface area contributed by atoms with E-state index < -0.39 is 0 Å².